The average Bonchev–Trinajstić information content (AvgIpc) is 2.95. The standard InChI is InChI=1S/C33H31ClFNO5/c1-20(36)26-6-4-7-27(33(26)35)24-14-21(18-40-29-8-3-2-5-23(29)16-32(37)38)13-22(15-24)19-41-31-11-12-39-30-10-9-25(34)17-28(30)31/h2-10,13-15,17,20,31H,11-12,16,18-19,36H2,1H3,(H,37,38)/t20-,31?/m1/s1. The third kappa shape index (κ3) is 6.88. The van der Waals surface area contributed by atoms with Gasteiger partial charge in [-0.3, -0.25) is 4.79 Å². The van der Waals surface area contributed by atoms with Crippen molar-refractivity contribution in [3.63, 3.8) is 0 Å². The van der Waals surface area contributed by atoms with Crippen LogP contribution in [0.15, 0.2) is 78.9 Å². The summed E-state index contributed by atoms with van der Waals surface area (Å²) >= 11 is 6.24. The molecule has 6 nitrogen and oxygen atoms in total. The first-order chi connectivity index (χ1) is 19.8. The zero-order chi connectivity index (χ0) is 28.9. The summed E-state index contributed by atoms with van der Waals surface area (Å²) in [6.07, 6.45) is 0.317. The molecule has 3 N–H and O–H groups in total. The van der Waals surface area contributed by atoms with Crippen molar-refractivity contribution in [3.8, 4) is 22.6 Å². The highest BCUT2D eigenvalue weighted by atomic mass is 35.5. The highest BCUT2D eigenvalue weighted by Gasteiger charge is 2.23. The molecule has 4 aromatic rings. The fourth-order valence-corrected chi connectivity index (χ4v) is 5.21. The summed E-state index contributed by atoms with van der Waals surface area (Å²) in [5.74, 6) is -0.0718. The number of hydrogen-bond acceptors (Lipinski definition) is 5. The third-order valence-electron chi connectivity index (χ3n) is 7.00. The largest absolute Gasteiger partial charge is 0.493 e. The van der Waals surface area contributed by atoms with Crippen molar-refractivity contribution >= 4 is 17.6 Å². The number of halogens is 2. The monoisotopic (exact) mass is 575 g/mol. The van der Waals surface area contributed by atoms with Crippen LogP contribution < -0.4 is 15.2 Å². The highest BCUT2D eigenvalue weighted by Crippen LogP contribution is 2.37. The van der Waals surface area contributed by atoms with E-state index in [9.17, 15) is 9.90 Å². The lowest BCUT2D eigenvalue weighted by Crippen LogP contribution is -2.16. The first kappa shape index (κ1) is 28.6. The van der Waals surface area contributed by atoms with Crippen LogP contribution in [-0.4, -0.2) is 17.7 Å². The highest BCUT2D eigenvalue weighted by molar-refractivity contribution is 6.30. The first-order valence-corrected chi connectivity index (χ1v) is 13.8. The van der Waals surface area contributed by atoms with Gasteiger partial charge in [-0.2, -0.15) is 0 Å². The molecule has 0 spiro atoms. The van der Waals surface area contributed by atoms with E-state index in [4.69, 9.17) is 31.5 Å². The van der Waals surface area contributed by atoms with Gasteiger partial charge in [-0.25, -0.2) is 4.39 Å². The number of carboxylic acids is 1. The Morgan fingerprint density at radius 2 is 1.85 bits per heavy atom. The van der Waals surface area contributed by atoms with Crippen molar-refractivity contribution in [1.29, 1.82) is 0 Å². The SMILES string of the molecule is C[C@@H](N)c1cccc(-c2cc(COc3ccccc3CC(=O)O)cc(COC3CCOc4ccc(Cl)cc43)c2)c1F. The minimum Gasteiger partial charge on any atom is -0.493 e. The van der Waals surface area contributed by atoms with Crippen molar-refractivity contribution in [1.82, 2.24) is 0 Å². The van der Waals surface area contributed by atoms with Crippen molar-refractivity contribution in [2.75, 3.05) is 6.61 Å². The van der Waals surface area contributed by atoms with Crippen LogP contribution in [0.25, 0.3) is 11.1 Å². The van der Waals surface area contributed by atoms with Crippen LogP contribution in [0.5, 0.6) is 11.5 Å². The molecule has 5 rings (SSSR count). The molecule has 1 aliphatic rings. The lowest BCUT2D eigenvalue weighted by molar-refractivity contribution is -0.136. The smallest absolute Gasteiger partial charge is 0.307 e. The zero-order valence-electron chi connectivity index (χ0n) is 22.6. The normalized spacial score (nSPS) is 15.1. The molecule has 0 radical (unpaired) electrons. The number of rotatable bonds is 10. The molecule has 2 atom stereocenters. The number of nitrogens with two attached hydrogens (primary N) is 1. The van der Waals surface area contributed by atoms with Crippen LogP contribution in [0.1, 0.15) is 53.3 Å². The van der Waals surface area contributed by atoms with Gasteiger partial charge in [0.1, 0.15) is 23.9 Å². The van der Waals surface area contributed by atoms with Crippen LogP contribution in [-0.2, 0) is 29.2 Å². The maximum atomic E-state index is 15.6. The Morgan fingerprint density at radius 1 is 1.07 bits per heavy atom. The summed E-state index contributed by atoms with van der Waals surface area (Å²) in [4.78, 5) is 11.3. The summed E-state index contributed by atoms with van der Waals surface area (Å²) in [6.45, 7) is 2.70. The van der Waals surface area contributed by atoms with Crippen molar-refractivity contribution in [2.24, 2.45) is 5.73 Å². The van der Waals surface area contributed by atoms with Gasteiger partial charge in [0.25, 0.3) is 0 Å². The average molecular weight is 576 g/mol. The number of benzene rings is 4. The predicted octanol–water partition coefficient (Wildman–Crippen LogP) is 7.41. The predicted molar refractivity (Wildman–Crippen MR) is 156 cm³/mol. The maximum absolute atomic E-state index is 15.6. The molecule has 1 unspecified atom stereocenters. The molecule has 0 aromatic heterocycles. The Kier molecular flexibility index (Phi) is 8.88. The topological polar surface area (TPSA) is 91.0 Å². The van der Waals surface area contributed by atoms with Crippen molar-refractivity contribution in [2.45, 2.75) is 45.1 Å². The van der Waals surface area contributed by atoms with E-state index in [1.54, 1.807) is 55.5 Å². The summed E-state index contributed by atoms with van der Waals surface area (Å²) in [5, 5.41) is 9.89. The Hall–Kier alpha value is -3.91. The second kappa shape index (κ2) is 12.7. The van der Waals surface area contributed by atoms with E-state index >= 15 is 4.39 Å². The molecule has 212 valence electrons. The summed E-state index contributed by atoms with van der Waals surface area (Å²) < 4.78 is 33.7. The fraction of sp³-hybridized carbons (Fsp3) is 0.242. The molecular formula is C33H31ClFNO5. The van der Waals surface area contributed by atoms with Crippen molar-refractivity contribution < 1.29 is 28.5 Å². The van der Waals surface area contributed by atoms with E-state index < -0.39 is 12.0 Å². The lowest BCUT2D eigenvalue weighted by atomic mass is 9.96. The number of aliphatic carboxylic acids is 1. The zero-order valence-corrected chi connectivity index (χ0v) is 23.4. The Morgan fingerprint density at radius 3 is 2.63 bits per heavy atom. The van der Waals surface area contributed by atoms with Crippen molar-refractivity contribution in [3.05, 3.63) is 118 Å². The Bertz CT molecular complexity index is 1560. The minimum atomic E-state index is -0.942. The number of carbonyl (C=O) groups is 1. The Balaban J connectivity index is 1.45. The van der Waals surface area contributed by atoms with Gasteiger partial charge in [0.15, 0.2) is 0 Å². The quantitative estimate of drug-likeness (QED) is 0.204. The number of ether oxygens (including phenoxy) is 3. The molecule has 8 heteroatoms. The molecule has 0 bridgehead atoms. The molecule has 1 aliphatic heterocycles. The van der Waals surface area contributed by atoms with E-state index in [0.29, 0.717) is 46.1 Å². The van der Waals surface area contributed by atoms with Gasteiger partial charge < -0.3 is 25.1 Å². The third-order valence-corrected chi connectivity index (χ3v) is 7.23. The molecule has 0 saturated heterocycles. The minimum absolute atomic E-state index is 0.152. The Labute approximate surface area is 243 Å². The van der Waals surface area contributed by atoms with Gasteiger partial charge >= 0.3 is 5.97 Å². The van der Waals surface area contributed by atoms with Gasteiger partial charge in [0.2, 0.25) is 0 Å². The molecule has 0 amide bonds. The maximum Gasteiger partial charge on any atom is 0.307 e. The van der Waals surface area contributed by atoms with Gasteiger partial charge in [-0.05, 0) is 60.0 Å². The van der Waals surface area contributed by atoms with Gasteiger partial charge in [-0.1, -0.05) is 54.1 Å². The summed E-state index contributed by atoms with van der Waals surface area (Å²) in [7, 11) is 0. The van der Waals surface area contributed by atoms with Crippen LogP contribution in [0, 0.1) is 5.82 Å². The van der Waals surface area contributed by atoms with Gasteiger partial charge in [-0.15, -0.1) is 0 Å². The summed E-state index contributed by atoms with van der Waals surface area (Å²) in [6, 6.07) is 23.0. The molecule has 0 saturated carbocycles. The van der Waals surface area contributed by atoms with E-state index in [1.165, 1.54) is 0 Å². The molecule has 0 aliphatic carbocycles. The van der Waals surface area contributed by atoms with E-state index in [2.05, 4.69) is 0 Å². The molecule has 4 aromatic carbocycles. The molecular weight excluding hydrogens is 545 g/mol. The van der Waals surface area contributed by atoms with E-state index in [1.807, 2.05) is 30.3 Å². The lowest BCUT2D eigenvalue weighted by Gasteiger charge is -2.26. The van der Waals surface area contributed by atoms with E-state index in [0.717, 1.165) is 22.4 Å². The molecule has 0 fully saturated rings. The first-order valence-electron chi connectivity index (χ1n) is 13.4. The van der Waals surface area contributed by atoms with Crippen LogP contribution in [0.3, 0.4) is 0 Å². The van der Waals surface area contributed by atoms with E-state index in [-0.39, 0.29) is 31.6 Å². The second-order valence-electron chi connectivity index (χ2n) is 10.1. The number of para-hydroxylation sites is 1. The summed E-state index contributed by atoms with van der Waals surface area (Å²) in [5.41, 5.74) is 10.6. The molecule has 41 heavy (non-hydrogen) atoms. The van der Waals surface area contributed by atoms with Crippen LogP contribution >= 0.6 is 11.6 Å². The molecule has 1 heterocycles. The van der Waals surface area contributed by atoms with Crippen LogP contribution in [0.2, 0.25) is 5.02 Å². The van der Waals surface area contributed by atoms with Gasteiger partial charge in [0, 0.05) is 39.7 Å². The number of hydrogen-bond donors (Lipinski definition) is 2. The number of carboxylic acid groups (broad SMARTS) is 1. The van der Waals surface area contributed by atoms with Crippen LogP contribution in [0.4, 0.5) is 4.39 Å². The number of fused-ring (bicyclic) bond motifs is 1. The fourth-order valence-electron chi connectivity index (χ4n) is 5.03. The second-order valence-corrected chi connectivity index (χ2v) is 10.6. The van der Waals surface area contributed by atoms with Gasteiger partial charge in [0.05, 0.1) is 25.7 Å².